The van der Waals surface area contributed by atoms with Crippen molar-refractivity contribution in [3.05, 3.63) is 116 Å². The van der Waals surface area contributed by atoms with Gasteiger partial charge in [-0.3, -0.25) is 34.8 Å². The number of carbonyl (C=O) groups is 5. The first-order valence-corrected chi connectivity index (χ1v) is 26.2. The summed E-state index contributed by atoms with van der Waals surface area (Å²) in [5.74, 6) is -0.0248. The van der Waals surface area contributed by atoms with E-state index in [1.807, 2.05) is 112 Å². The number of ether oxygens (including phenoxy) is 2. The molecule has 2 unspecified atom stereocenters. The maximum absolute atomic E-state index is 15.6. The zero-order chi connectivity index (χ0) is 52.5. The maximum Gasteiger partial charge on any atom is 0.419 e. The molecule has 0 bridgehead atoms. The largest absolute Gasteiger partial charge is 0.443 e. The number of halogens is 2. The van der Waals surface area contributed by atoms with Gasteiger partial charge in [-0.1, -0.05) is 47.5 Å². The smallest absolute Gasteiger partial charge is 0.419 e. The molecule has 0 spiro atoms. The van der Waals surface area contributed by atoms with Crippen molar-refractivity contribution in [2.75, 3.05) is 52.4 Å². The number of ketones is 1. The molecule has 4 aromatic carbocycles. The molecule has 4 aliphatic heterocycles. The normalized spacial score (nSPS) is 18.5. The van der Waals surface area contributed by atoms with Gasteiger partial charge in [0.05, 0.1) is 34.5 Å². The quantitative estimate of drug-likeness (QED) is 0.150. The number of fused-ring (bicyclic) bond motifs is 4. The molecule has 388 valence electrons. The van der Waals surface area contributed by atoms with Crippen LogP contribution in [0.25, 0.3) is 44.3 Å². The number of carbonyl (C=O) groups excluding carboxylic acids is 5. The Bertz CT molecular complexity index is 3050. The van der Waals surface area contributed by atoms with E-state index in [9.17, 15) is 19.2 Å². The summed E-state index contributed by atoms with van der Waals surface area (Å²) in [6, 6.07) is 21.7. The summed E-state index contributed by atoms with van der Waals surface area (Å²) in [7, 11) is 0. The fourth-order valence-electron chi connectivity index (χ4n) is 11.1. The van der Waals surface area contributed by atoms with Crippen LogP contribution in [0.3, 0.4) is 0 Å². The number of rotatable bonds is 8. The van der Waals surface area contributed by atoms with E-state index in [-0.39, 0.29) is 17.6 Å². The summed E-state index contributed by atoms with van der Waals surface area (Å²) in [6.45, 7) is 21.9. The van der Waals surface area contributed by atoms with Crippen molar-refractivity contribution in [3.63, 3.8) is 0 Å². The standard InChI is InChI=1S/C57H64Cl2N8O7/c1-33(68)64-21-17-62(18-22-64)31-35-9-15-45-37(25-35)27-47(66(45)54(71)73-56(3,4)5)39-11-13-43(58)41-29-60-51(49(39)41)53(70)52-50-40(12-14-44(59)42(50)30-61-52)48-28-38-26-36(32-63-19-23-65(24-20-63)34(2)69)10-16-46(38)67(48)55(72)74-57(6,7)8/h9-16,25-28,51-52,60-61H,17-24,29-32H2,1-8H3. The molecule has 10 rings (SSSR count). The summed E-state index contributed by atoms with van der Waals surface area (Å²) in [5, 5.41) is 9.63. The lowest BCUT2D eigenvalue weighted by Crippen LogP contribution is -2.47. The summed E-state index contributed by atoms with van der Waals surface area (Å²) < 4.78 is 15.3. The van der Waals surface area contributed by atoms with E-state index in [4.69, 9.17) is 32.7 Å². The lowest BCUT2D eigenvalue weighted by molar-refractivity contribution is -0.131. The minimum Gasteiger partial charge on any atom is -0.443 e. The van der Waals surface area contributed by atoms with Gasteiger partial charge in [-0.05, 0) is 123 Å². The first kappa shape index (κ1) is 51.4. The summed E-state index contributed by atoms with van der Waals surface area (Å²) in [4.78, 5) is 76.9. The van der Waals surface area contributed by atoms with Crippen LogP contribution in [0.2, 0.25) is 10.0 Å². The van der Waals surface area contributed by atoms with Gasteiger partial charge >= 0.3 is 12.2 Å². The summed E-state index contributed by atoms with van der Waals surface area (Å²) >= 11 is 14.0. The van der Waals surface area contributed by atoms with Crippen LogP contribution in [0, 0.1) is 0 Å². The number of hydrogen-bond acceptors (Lipinski definition) is 11. The Balaban J connectivity index is 1.03. The first-order valence-electron chi connectivity index (χ1n) is 25.5. The van der Waals surface area contributed by atoms with E-state index in [1.54, 1.807) is 23.0 Å². The van der Waals surface area contributed by atoms with Crippen LogP contribution >= 0.6 is 23.2 Å². The van der Waals surface area contributed by atoms with Crippen molar-refractivity contribution >= 4 is 74.8 Å². The highest BCUT2D eigenvalue weighted by Crippen LogP contribution is 2.47. The molecular weight excluding hydrogens is 980 g/mol. The van der Waals surface area contributed by atoms with Gasteiger partial charge in [0.25, 0.3) is 0 Å². The molecule has 4 aliphatic rings. The molecule has 2 saturated heterocycles. The Morgan fingerprint density at radius 3 is 1.27 bits per heavy atom. The minimum atomic E-state index is -0.875. The molecule has 2 amide bonds. The van der Waals surface area contributed by atoms with Crippen molar-refractivity contribution in [3.8, 4) is 22.5 Å². The van der Waals surface area contributed by atoms with Crippen LogP contribution in [0.1, 0.15) is 101 Å². The Hall–Kier alpha value is -6.07. The lowest BCUT2D eigenvalue weighted by atomic mass is 9.87. The van der Waals surface area contributed by atoms with E-state index in [0.717, 1.165) is 59.2 Å². The van der Waals surface area contributed by atoms with Crippen LogP contribution in [0.15, 0.2) is 72.8 Å². The molecule has 6 heterocycles. The fourth-order valence-corrected chi connectivity index (χ4v) is 11.6. The predicted molar refractivity (Wildman–Crippen MR) is 287 cm³/mol. The third-order valence-corrected chi connectivity index (χ3v) is 15.3. The third kappa shape index (κ3) is 10.1. The molecule has 2 aromatic heterocycles. The highest BCUT2D eigenvalue weighted by molar-refractivity contribution is 6.32. The van der Waals surface area contributed by atoms with Gasteiger partial charge in [0.1, 0.15) is 11.2 Å². The molecule has 0 saturated carbocycles. The second-order valence-electron chi connectivity index (χ2n) is 22.0. The average Bonchev–Trinajstić information content (AvgIpc) is 4.15. The highest BCUT2D eigenvalue weighted by Gasteiger charge is 2.42. The molecule has 2 atom stereocenters. The number of benzene rings is 4. The predicted octanol–water partition coefficient (Wildman–Crippen LogP) is 9.69. The van der Waals surface area contributed by atoms with Crippen molar-refractivity contribution in [2.24, 2.45) is 0 Å². The number of Topliss-reactive ketones (excluding diaryl/α,β-unsaturated/α-hetero) is 1. The van der Waals surface area contributed by atoms with Crippen LogP contribution in [0.4, 0.5) is 9.59 Å². The number of piperazine rings is 2. The highest BCUT2D eigenvalue weighted by atomic mass is 35.5. The Morgan fingerprint density at radius 2 is 0.919 bits per heavy atom. The number of nitrogens with one attached hydrogen (secondary N) is 2. The second kappa shape index (κ2) is 19.9. The molecule has 74 heavy (non-hydrogen) atoms. The number of amides is 2. The van der Waals surface area contributed by atoms with Crippen molar-refractivity contribution < 1.29 is 33.4 Å². The fraction of sp³-hybridized carbons (Fsp3) is 0.421. The van der Waals surface area contributed by atoms with E-state index in [2.05, 4.69) is 32.6 Å². The van der Waals surface area contributed by atoms with Crippen LogP contribution < -0.4 is 10.6 Å². The molecule has 2 fully saturated rings. The van der Waals surface area contributed by atoms with Crippen LogP contribution in [-0.4, -0.2) is 122 Å². The molecule has 0 radical (unpaired) electrons. The topological polar surface area (TPSA) is 151 Å². The minimum absolute atomic E-state index is 0.0808. The van der Waals surface area contributed by atoms with Gasteiger partial charge < -0.3 is 19.3 Å². The van der Waals surface area contributed by atoms with E-state index >= 15 is 4.79 Å². The summed E-state index contributed by atoms with van der Waals surface area (Å²) in [6.07, 6.45) is -1.11. The number of aromatic nitrogens is 2. The molecular formula is C57H64Cl2N8O7. The molecule has 0 aliphatic carbocycles. The average molecular weight is 1040 g/mol. The van der Waals surface area contributed by atoms with Gasteiger partial charge in [-0.2, -0.15) is 0 Å². The number of nitrogens with zero attached hydrogens (tertiary/aromatic N) is 6. The van der Waals surface area contributed by atoms with Crippen molar-refractivity contribution in [1.82, 2.24) is 39.4 Å². The Labute approximate surface area is 441 Å². The molecule has 15 nitrogen and oxygen atoms in total. The van der Waals surface area contributed by atoms with Gasteiger partial charge in [-0.25, -0.2) is 18.7 Å². The Kier molecular flexibility index (Phi) is 13.8. The molecule has 6 aromatic rings. The van der Waals surface area contributed by atoms with E-state index in [1.165, 1.54) is 0 Å². The van der Waals surface area contributed by atoms with Crippen LogP contribution in [0.5, 0.6) is 0 Å². The van der Waals surface area contributed by atoms with E-state index < -0.39 is 35.5 Å². The monoisotopic (exact) mass is 1040 g/mol. The van der Waals surface area contributed by atoms with Gasteiger partial charge in [0.2, 0.25) is 11.8 Å². The van der Waals surface area contributed by atoms with Crippen molar-refractivity contribution in [2.45, 2.75) is 105 Å². The Morgan fingerprint density at radius 1 is 0.541 bits per heavy atom. The van der Waals surface area contributed by atoms with Gasteiger partial charge in [0.15, 0.2) is 5.78 Å². The van der Waals surface area contributed by atoms with E-state index in [0.29, 0.717) is 107 Å². The SMILES string of the molecule is CC(=O)N1CCN(Cc2ccc3c(c2)cc(-c2ccc(Cl)c4c2C(C(=O)C2NCc5c(Cl)ccc(-c6cc7cc(CN8CCN(C(C)=O)CC8)ccc7n6C(=O)OC(C)(C)C)c52)NC4)n3C(=O)OC(C)(C)C)CC1. The lowest BCUT2D eigenvalue weighted by Gasteiger charge is -2.34. The zero-order valence-electron chi connectivity index (χ0n) is 43.4. The number of hydrogen-bond donors (Lipinski definition) is 2. The van der Waals surface area contributed by atoms with Gasteiger partial charge in [-0.15, -0.1) is 0 Å². The second-order valence-corrected chi connectivity index (χ2v) is 22.9. The van der Waals surface area contributed by atoms with Crippen LogP contribution in [-0.2, 0) is 50.0 Å². The van der Waals surface area contributed by atoms with Gasteiger partial charge in [0, 0.05) is 124 Å². The van der Waals surface area contributed by atoms with Crippen molar-refractivity contribution in [1.29, 1.82) is 0 Å². The maximum atomic E-state index is 15.6. The zero-order valence-corrected chi connectivity index (χ0v) is 44.9. The molecule has 17 heteroatoms. The molecule has 2 N–H and O–H groups in total. The first-order chi connectivity index (χ1) is 35.1. The third-order valence-electron chi connectivity index (χ3n) is 14.6. The summed E-state index contributed by atoms with van der Waals surface area (Å²) in [5.41, 5.74) is 7.07.